The number of rotatable bonds is 6. The lowest BCUT2D eigenvalue weighted by Crippen LogP contribution is -2.22. The zero-order chi connectivity index (χ0) is 14.9. The van der Waals surface area contributed by atoms with E-state index in [0.29, 0.717) is 11.6 Å². The number of aryl methyl sites for hydroxylation is 1. The molecule has 0 aliphatic carbocycles. The minimum atomic E-state index is -0.0713. The first-order valence-electron chi connectivity index (χ1n) is 6.99. The van der Waals surface area contributed by atoms with Gasteiger partial charge in [-0.05, 0) is 42.2 Å². The van der Waals surface area contributed by atoms with Gasteiger partial charge in [-0.25, -0.2) is 0 Å². The highest BCUT2D eigenvalue weighted by molar-refractivity contribution is 6.30. The van der Waals surface area contributed by atoms with Gasteiger partial charge in [0.15, 0.2) is 0 Å². The molecule has 21 heavy (non-hydrogen) atoms. The standard InChI is InChI=1S/C18H18ClNO/c19-17-11-8-16(9-12-17)10-13-18(21)20-14-4-7-15-5-2-1-3-6-15/h1-3,5-6,8-13H,4,7,14H2,(H,20,21). The maximum atomic E-state index is 11.7. The normalized spacial score (nSPS) is 10.7. The summed E-state index contributed by atoms with van der Waals surface area (Å²) in [6.45, 7) is 0.679. The third kappa shape index (κ3) is 5.84. The van der Waals surface area contributed by atoms with Crippen molar-refractivity contribution in [2.24, 2.45) is 0 Å². The minimum absolute atomic E-state index is 0.0713. The number of hydrogen-bond acceptors (Lipinski definition) is 1. The van der Waals surface area contributed by atoms with Crippen LogP contribution in [0.3, 0.4) is 0 Å². The topological polar surface area (TPSA) is 29.1 Å². The van der Waals surface area contributed by atoms with Crippen LogP contribution in [0, 0.1) is 0 Å². The highest BCUT2D eigenvalue weighted by atomic mass is 35.5. The molecule has 0 saturated heterocycles. The van der Waals surface area contributed by atoms with Crippen molar-refractivity contribution in [2.45, 2.75) is 12.8 Å². The van der Waals surface area contributed by atoms with E-state index in [1.54, 1.807) is 24.3 Å². The minimum Gasteiger partial charge on any atom is -0.353 e. The van der Waals surface area contributed by atoms with E-state index in [1.165, 1.54) is 5.56 Å². The van der Waals surface area contributed by atoms with Crippen molar-refractivity contribution in [3.05, 3.63) is 76.8 Å². The molecule has 0 aliphatic rings. The third-order valence-electron chi connectivity index (χ3n) is 3.08. The largest absolute Gasteiger partial charge is 0.353 e. The van der Waals surface area contributed by atoms with Gasteiger partial charge in [0.05, 0.1) is 0 Å². The summed E-state index contributed by atoms with van der Waals surface area (Å²) < 4.78 is 0. The first kappa shape index (κ1) is 15.3. The van der Waals surface area contributed by atoms with E-state index in [1.807, 2.05) is 30.3 Å². The molecule has 0 saturated carbocycles. The third-order valence-corrected chi connectivity index (χ3v) is 3.33. The fourth-order valence-electron chi connectivity index (χ4n) is 1.95. The molecule has 2 rings (SSSR count). The van der Waals surface area contributed by atoms with E-state index >= 15 is 0 Å². The summed E-state index contributed by atoms with van der Waals surface area (Å²) in [4.78, 5) is 11.7. The van der Waals surface area contributed by atoms with Crippen LogP contribution in [0.2, 0.25) is 5.02 Å². The molecule has 0 unspecified atom stereocenters. The van der Waals surface area contributed by atoms with Gasteiger partial charge in [-0.1, -0.05) is 54.1 Å². The Kier molecular flexibility index (Phi) is 6.04. The lowest BCUT2D eigenvalue weighted by molar-refractivity contribution is -0.116. The molecule has 2 aromatic rings. The quantitative estimate of drug-likeness (QED) is 0.631. The molecular formula is C18H18ClNO. The molecule has 3 heteroatoms. The summed E-state index contributed by atoms with van der Waals surface area (Å²) in [5.74, 6) is -0.0713. The molecule has 1 N–H and O–H groups in total. The Morgan fingerprint density at radius 2 is 1.76 bits per heavy atom. The van der Waals surface area contributed by atoms with Crippen molar-refractivity contribution in [1.82, 2.24) is 5.32 Å². The van der Waals surface area contributed by atoms with E-state index in [9.17, 15) is 4.79 Å². The number of amides is 1. The Morgan fingerprint density at radius 1 is 1.05 bits per heavy atom. The van der Waals surface area contributed by atoms with Gasteiger partial charge in [0.1, 0.15) is 0 Å². The molecule has 0 fully saturated rings. The fourth-order valence-corrected chi connectivity index (χ4v) is 2.08. The van der Waals surface area contributed by atoms with Crippen molar-refractivity contribution in [3.8, 4) is 0 Å². The second-order valence-corrected chi connectivity index (χ2v) is 5.20. The van der Waals surface area contributed by atoms with Crippen LogP contribution < -0.4 is 5.32 Å². The predicted molar refractivity (Wildman–Crippen MR) is 88.3 cm³/mol. The number of hydrogen-bond donors (Lipinski definition) is 1. The second-order valence-electron chi connectivity index (χ2n) is 4.77. The molecule has 2 aromatic carbocycles. The molecule has 0 radical (unpaired) electrons. The Balaban J connectivity index is 1.69. The number of nitrogens with one attached hydrogen (secondary N) is 1. The van der Waals surface area contributed by atoms with Gasteiger partial charge in [0, 0.05) is 17.6 Å². The number of carbonyl (C=O) groups excluding carboxylic acids is 1. The van der Waals surface area contributed by atoms with Gasteiger partial charge >= 0.3 is 0 Å². The van der Waals surface area contributed by atoms with Crippen LogP contribution in [0.15, 0.2) is 60.7 Å². The summed E-state index contributed by atoms with van der Waals surface area (Å²) in [6.07, 6.45) is 5.24. The van der Waals surface area contributed by atoms with E-state index in [4.69, 9.17) is 11.6 Å². The summed E-state index contributed by atoms with van der Waals surface area (Å²) in [5.41, 5.74) is 2.25. The predicted octanol–water partition coefficient (Wildman–Crippen LogP) is 4.10. The molecule has 2 nitrogen and oxygen atoms in total. The van der Waals surface area contributed by atoms with Crippen molar-refractivity contribution >= 4 is 23.6 Å². The van der Waals surface area contributed by atoms with E-state index in [0.717, 1.165) is 18.4 Å². The summed E-state index contributed by atoms with van der Waals surface area (Å²) >= 11 is 5.81. The molecule has 108 valence electrons. The molecule has 0 aliphatic heterocycles. The van der Waals surface area contributed by atoms with Crippen LogP contribution in [0.1, 0.15) is 17.5 Å². The smallest absolute Gasteiger partial charge is 0.243 e. The molecule has 1 amide bonds. The average molecular weight is 300 g/mol. The zero-order valence-corrected chi connectivity index (χ0v) is 12.5. The Hall–Kier alpha value is -2.06. The van der Waals surface area contributed by atoms with Gasteiger partial charge in [-0.15, -0.1) is 0 Å². The summed E-state index contributed by atoms with van der Waals surface area (Å²) in [5, 5.41) is 3.57. The van der Waals surface area contributed by atoms with Crippen molar-refractivity contribution in [1.29, 1.82) is 0 Å². The van der Waals surface area contributed by atoms with Crippen molar-refractivity contribution in [3.63, 3.8) is 0 Å². The van der Waals surface area contributed by atoms with Crippen LogP contribution in [0.5, 0.6) is 0 Å². The van der Waals surface area contributed by atoms with Crippen LogP contribution in [0.4, 0.5) is 0 Å². The van der Waals surface area contributed by atoms with Crippen LogP contribution >= 0.6 is 11.6 Å². The number of carbonyl (C=O) groups is 1. The molecule has 0 heterocycles. The van der Waals surface area contributed by atoms with E-state index < -0.39 is 0 Å². The van der Waals surface area contributed by atoms with Crippen molar-refractivity contribution < 1.29 is 4.79 Å². The Bertz CT molecular complexity index is 590. The average Bonchev–Trinajstić information content (AvgIpc) is 2.52. The van der Waals surface area contributed by atoms with Crippen LogP contribution in [-0.4, -0.2) is 12.5 Å². The molecule has 0 bridgehead atoms. The SMILES string of the molecule is O=C(C=Cc1ccc(Cl)cc1)NCCCc1ccccc1. The first-order valence-corrected chi connectivity index (χ1v) is 7.37. The van der Waals surface area contributed by atoms with E-state index in [2.05, 4.69) is 17.4 Å². The molecule has 0 aromatic heterocycles. The molecular weight excluding hydrogens is 282 g/mol. The Labute approximate surface area is 130 Å². The number of benzene rings is 2. The van der Waals surface area contributed by atoms with E-state index in [-0.39, 0.29) is 5.91 Å². The number of halogens is 1. The zero-order valence-electron chi connectivity index (χ0n) is 11.8. The molecule has 0 spiro atoms. The lowest BCUT2D eigenvalue weighted by atomic mass is 10.1. The van der Waals surface area contributed by atoms with Crippen LogP contribution in [0.25, 0.3) is 6.08 Å². The molecule has 0 atom stereocenters. The fraction of sp³-hybridized carbons (Fsp3) is 0.167. The second kappa shape index (κ2) is 8.28. The summed E-state index contributed by atoms with van der Waals surface area (Å²) in [7, 11) is 0. The van der Waals surface area contributed by atoms with Crippen molar-refractivity contribution in [2.75, 3.05) is 6.54 Å². The van der Waals surface area contributed by atoms with Crippen LogP contribution in [-0.2, 0) is 11.2 Å². The first-order chi connectivity index (χ1) is 10.2. The maximum absolute atomic E-state index is 11.7. The monoisotopic (exact) mass is 299 g/mol. The van der Waals surface area contributed by atoms with Gasteiger partial charge in [-0.2, -0.15) is 0 Å². The lowest BCUT2D eigenvalue weighted by Gasteiger charge is -2.02. The maximum Gasteiger partial charge on any atom is 0.243 e. The van der Waals surface area contributed by atoms with Gasteiger partial charge in [0.2, 0.25) is 5.91 Å². The van der Waals surface area contributed by atoms with Gasteiger partial charge in [0.25, 0.3) is 0 Å². The van der Waals surface area contributed by atoms with Gasteiger partial charge < -0.3 is 5.32 Å². The Morgan fingerprint density at radius 3 is 2.48 bits per heavy atom. The highest BCUT2D eigenvalue weighted by Gasteiger charge is 1.96. The summed E-state index contributed by atoms with van der Waals surface area (Å²) in [6, 6.07) is 17.6. The van der Waals surface area contributed by atoms with Gasteiger partial charge in [-0.3, -0.25) is 4.79 Å². The highest BCUT2D eigenvalue weighted by Crippen LogP contribution is 2.10.